The summed E-state index contributed by atoms with van der Waals surface area (Å²) in [5, 5.41) is 12.0. The highest BCUT2D eigenvalue weighted by Crippen LogP contribution is 2.29. The average Bonchev–Trinajstić information content (AvgIpc) is 2.68. The fourth-order valence-electron chi connectivity index (χ4n) is 3.22. The Morgan fingerprint density at radius 3 is 2.65 bits per heavy atom. The van der Waals surface area contributed by atoms with Crippen molar-refractivity contribution < 1.29 is 19.4 Å². The second kappa shape index (κ2) is 8.15. The molecule has 0 unspecified atom stereocenters. The largest absolute Gasteiger partial charge is 0.449 e. The molecule has 0 aromatic heterocycles. The van der Waals surface area contributed by atoms with Gasteiger partial charge in [0, 0.05) is 0 Å². The molecule has 0 bridgehead atoms. The van der Waals surface area contributed by atoms with Gasteiger partial charge in [-0.25, -0.2) is 4.79 Å². The van der Waals surface area contributed by atoms with E-state index in [1.165, 1.54) is 5.56 Å². The van der Waals surface area contributed by atoms with Gasteiger partial charge in [0.1, 0.15) is 0 Å². The van der Waals surface area contributed by atoms with Gasteiger partial charge < -0.3 is 15.2 Å². The monoisotopic (exact) mass is 353 g/mol. The zero-order valence-electron chi connectivity index (χ0n) is 14.8. The van der Waals surface area contributed by atoms with Crippen LogP contribution >= 0.6 is 0 Å². The molecule has 3 rings (SSSR count). The van der Waals surface area contributed by atoms with Gasteiger partial charge in [-0.1, -0.05) is 36.4 Å². The Bertz CT molecular complexity index is 785. The zero-order chi connectivity index (χ0) is 18.5. The molecule has 136 valence electrons. The molecular formula is C21H23NO4. The fourth-order valence-corrected chi connectivity index (χ4v) is 3.22. The molecule has 0 fully saturated rings. The molecule has 5 heteroatoms. The number of amides is 1. The first-order valence-corrected chi connectivity index (χ1v) is 8.87. The van der Waals surface area contributed by atoms with Gasteiger partial charge >= 0.3 is 5.97 Å². The number of aliphatic hydroxyl groups is 1. The molecule has 2 N–H and O–H groups in total. The maximum absolute atomic E-state index is 12.5. The van der Waals surface area contributed by atoms with Crippen LogP contribution in [0.1, 0.15) is 52.9 Å². The number of aryl methyl sites for hydroxylation is 1. The van der Waals surface area contributed by atoms with Gasteiger partial charge in [-0.15, -0.1) is 0 Å². The Labute approximate surface area is 153 Å². The molecule has 2 aromatic carbocycles. The number of benzene rings is 2. The molecule has 1 amide bonds. The third kappa shape index (κ3) is 4.11. The number of hydrogen-bond donors (Lipinski definition) is 2. The summed E-state index contributed by atoms with van der Waals surface area (Å²) in [6, 6.07) is 14.5. The first kappa shape index (κ1) is 18.1. The summed E-state index contributed by atoms with van der Waals surface area (Å²) in [5.41, 5.74) is 3.47. The minimum absolute atomic E-state index is 0.0440. The number of carbonyl (C=O) groups excluding carboxylic acids is 2. The van der Waals surface area contributed by atoms with Crippen LogP contribution in [0.25, 0.3) is 0 Å². The standard InChI is InChI=1S/C21H23NO4/c1-14(26-21(25)17-11-9-15(13-23)10-12-17)20(24)22-19-8-4-6-16-5-2-3-7-18(16)19/h2-3,5,7,9-12,14,19,23H,4,6,8,13H2,1H3,(H,22,24)/t14-,19-/m0/s1. The quantitative estimate of drug-likeness (QED) is 0.811. The molecule has 0 heterocycles. The van der Waals surface area contributed by atoms with Crippen molar-refractivity contribution in [2.75, 3.05) is 0 Å². The normalized spacial score (nSPS) is 17.1. The van der Waals surface area contributed by atoms with Crippen molar-refractivity contribution >= 4 is 11.9 Å². The van der Waals surface area contributed by atoms with Crippen molar-refractivity contribution in [3.05, 3.63) is 70.8 Å². The van der Waals surface area contributed by atoms with E-state index < -0.39 is 12.1 Å². The molecule has 0 spiro atoms. The molecule has 0 radical (unpaired) electrons. The number of carbonyl (C=O) groups is 2. The van der Waals surface area contributed by atoms with E-state index in [0.717, 1.165) is 24.8 Å². The summed E-state index contributed by atoms with van der Waals surface area (Å²) >= 11 is 0. The lowest BCUT2D eigenvalue weighted by atomic mass is 9.87. The Balaban J connectivity index is 1.60. The molecule has 5 nitrogen and oxygen atoms in total. The number of fused-ring (bicyclic) bond motifs is 1. The maximum atomic E-state index is 12.5. The van der Waals surface area contributed by atoms with Gasteiger partial charge in [-0.3, -0.25) is 4.79 Å². The van der Waals surface area contributed by atoms with Crippen LogP contribution in [0.4, 0.5) is 0 Å². The summed E-state index contributed by atoms with van der Waals surface area (Å²) in [6.45, 7) is 1.49. The predicted octanol–water partition coefficient (Wildman–Crippen LogP) is 2.92. The Morgan fingerprint density at radius 2 is 1.92 bits per heavy atom. The van der Waals surface area contributed by atoms with E-state index in [2.05, 4.69) is 11.4 Å². The van der Waals surface area contributed by atoms with Crippen molar-refractivity contribution in [1.29, 1.82) is 0 Å². The van der Waals surface area contributed by atoms with E-state index >= 15 is 0 Å². The van der Waals surface area contributed by atoms with Gasteiger partial charge in [-0.2, -0.15) is 0 Å². The second-order valence-corrected chi connectivity index (χ2v) is 6.55. The first-order valence-electron chi connectivity index (χ1n) is 8.87. The average molecular weight is 353 g/mol. The molecule has 1 aliphatic carbocycles. The maximum Gasteiger partial charge on any atom is 0.338 e. The van der Waals surface area contributed by atoms with Crippen molar-refractivity contribution in [2.24, 2.45) is 0 Å². The van der Waals surface area contributed by atoms with Gasteiger partial charge in [-0.05, 0) is 55.0 Å². The highest BCUT2D eigenvalue weighted by Gasteiger charge is 2.25. The summed E-state index contributed by atoms with van der Waals surface area (Å²) in [7, 11) is 0. The number of aliphatic hydroxyl groups excluding tert-OH is 1. The van der Waals surface area contributed by atoms with Gasteiger partial charge in [0.05, 0.1) is 18.2 Å². The van der Waals surface area contributed by atoms with Crippen LogP contribution in [0.2, 0.25) is 0 Å². The van der Waals surface area contributed by atoms with Crippen LogP contribution in [0.5, 0.6) is 0 Å². The summed E-state index contributed by atoms with van der Waals surface area (Å²) in [5.74, 6) is -0.854. The number of nitrogens with one attached hydrogen (secondary N) is 1. The second-order valence-electron chi connectivity index (χ2n) is 6.55. The number of esters is 1. The van der Waals surface area contributed by atoms with E-state index in [1.54, 1.807) is 31.2 Å². The third-order valence-corrected chi connectivity index (χ3v) is 4.71. The smallest absolute Gasteiger partial charge is 0.338 e. The number of ether oxygens (including phenoxy) is 1. The van der Waals surface area contributed by atoms with E-state index in [9.17, 15) is 9.59 Å². The highest BCUT2D eigenvalue weighted by atomic mass is 16.5. The van der Waals surface area contributed by atoms with Gasteiger partial charge in [0.15, 0.2) is 6.10 Å². The van der Waals surface area contributed by atoms with Crippen LogP contribution in [0.3, 0.4) is 0 Å². The Kier molecular flexibility index (Phi) is 5.68. The number of rotatable bonds is 5. The van der Waals surface area contributed by atoms with E-state index in [0.29, 0.717) is 11.1 Å². The summed E-state index contributed by atoms with van der Waals surface area (Å²) < 4.78 is 5.29. The van der Waals surface area contributed by atoms with Crippen LogP contribution in [0, 0.1) is 0 Å². The summed E-state index contributed by atoms with van der Waals surface area (Å²) in [6.07, 6.45) is 2.05. The van der Waals surface area contributed by atoms with E-state index in [1.807, 2.05) is 18.2 Å². The fraction of sp³-hybridized carbons (Fsp3) is 0.333. The predicted molar refractivity (Wildman–Crippen MR) is 97.5 cm³/mol. The molecule has 0 saturated carbocycles. The molecule has 0 saturated heterocycles. The van der Waals surface area contributed by atoms with E-state index in [4.69, 9.17) is 9.84 Å². The van der Waals surface area contributed by atoms with Crippen molar-refractivity contribution in [2.45, 2.75) is 44.9 Å². The van der Waals surface area contributed by atoms with Gasteiger partial charge in [0.25, 0.3) is 5.91 Å². The van der Waals surface area contributed by atoms with Gasteiger partial charge in [0.2, 0.25) is 0 Å². The molecular weight excluding hydrogens is 330 g/mol. The summed E-state index contributed by atoms with van der Waals surface area (Å²) in [4.78, 5) is 24.7. The molecule has 2 aromatic rings. The molecule has 2 atom stereocenters. The van der Waals surface area contributed by atoms with Crippen molar-refractivity contribution in [3.63, 3.8) is 0 Å². The van der Waals surface area contributed by atoms with Crippen LogP contribution in [-0.4, -0.2) is 23.1 Å². The third-order valence-electron chi connectivity index (χ3n) is 4.71. The highest BCUT2D eigenvalue weighted by molar-refractivity contribution is 5.92. The first-order chi connectivity index (χ1) is 12.6. The molecule has 0 aliphatic heterocycles. The van der Waals surface area contributed by atoms with Crippen LogP contribution in [0.15, 0.2) is 48.5 Å². The van der Waals surface area contributed by atoms with Crippen molar-refractivity contribution in [3.8, 4) is 0 Å². The number of hydrogen-bond acceptors (Lipinski definition) is 4. The SMILES string of the molecule is C[C@H](OC(=O)c1ccc(CO)cc1)C(=O)N[C@H]1CCCc2ccccc21. The van der Waals surface area contributed by atoms with Crippen LogP contribution < -0.4 is 5.32 Å². The topological polar surface area (TPSA) is 75.6 Å². The van der Waals surface area contributed by atoms with E-state index in [-0.39, 0.29) is 18.6 Å². The zero-order valence-corrected chi connectivity index (χ0v) is 14.8. The Morgan fingerprint density at radius 1 is 1.19 bits per heavy atom. The minimum atomic E-state index is -0.880. The lowest BCUT2D eigenvalue weighted by Gasteiger charge is -2.27. The lowest BCUT2D eigenvalue weighted by Crippen LogP contribution is -2.39. The molecule has 26 heavy (non-hydrogen) atoms. The van der Waals surface area contributed by atoms with Crippen LogP contribution in [-0.2, 0) is 22.6 Å². The molecule has 1 aliphatic rings. The Hall–Kier alpha value is -2.66. The van der Waals surface area contributed by atoms with Crippen molar-refractivity contribution in [1.82, 2.24) is 5.32 Å². The minimum Gasteiger partial charge on any atom is -0.449 e. The lowest BCUT2D eigenvalue weighted by molar-refractivity contribution is -0.130.